The van der Waals surface area contributed by atoms with Crippen LogP contribution in [0.1, 0.15) is 11.1 Å². The number of hydrogen-bond acceptors (Lipinski definition) is 0. The molecule has 6 aromatic carbocycles. The summed E-state index contributed by atoms with van der Waals surface area (Å²) in [6, 6.07) is 27.8. The molecule has 0 heterocycles. The second kappa shape index (κ2) is 4.36. The van der Waals surface area contributed by atoms with Gasteiger partial charge in [0.2, 0.25) is 0 Å². The topological polar surface area (TPSA) is 0 Å². The van der Waals surface area contributed by atoms with Crippen LogP contribution < -0.4 is 0 Å². The van der Waals surface area contributed by atoms with E-state index in [1.807, 2.05) is 0 Å². The van der Waals surface area contributed by atoms with Crippen molar-refractivity contribution >= 4 is 43.1 Å². The van der Waals surface area contributed by atoms with Gasteiger partial charge in [0, 0.05) is 0 Å². The lowest BCUT2D eigenvalue weighted by Gasteiger charge is -2.16. The minimum Gasteiger partial charge on any atom is -0.0616 e. The zero-order chi connectivity index (χ0) is 18.0. The predicted octanol–water partition coefficient (Wildman–Crippen LogP) is 7.48. The molecule has 2 aliphatic rings. The van der Waals surface area contributed by atoms with Crippen molar-refractivity contribution in [2.24, 2.45) is 0 Å². The molecule has 0 unspecified atom stereocenters. The van der Waals surface area contributed by atoms with E-state index < -0.39 is 0 Å². The van der Waals surface area contributed by atoms with Gasteiger partial charge in [-0.25, -0.2) is 0 Å². The largest absolute Gasteiger partial charge is 0.0616 e. The van der Waals surface area contributed by atoms with Crippen LogP contribution in [0.4, 0.5) is 0 Å². The highest BCUT2D eigenvalue weighted by molar-refractivity contribution is 6.37. The molecule has 2 aliphatic carbocycles. The van der Waals surface area contributed by atoms with Crippen LogP contribution in [0.2, 0.25) is 0 Å². The van der Waals surface area contributed by atoms with Crippen molar-refractivity contribution in [3.8, 4) is 22.3 Å². The quantitative estimate of drug-likeness (QED) is 0.196. The first-order valence-corrected chi connectivity index (χ1v) is 10.2. The Morgan fingerprint density at radius 2 is 0.821 bits per heavy atom. The van der Waals surface area contributed by atoms with Crippen LogP contribution in [-0.2, 0) is 12.8 Å². The summed E-state index contributed by atoms with van der Waals surface area (Å²) in [5.41, 5.74) is 8.59. The maximum Gasteiger partial charge on any atom is -0.00139 e. The molecule has 0 N–H and O–H groups in total. The van der Waals surface area contributed by atoms with E-state index in [0.717, 1.165) is 0 Å². The van der Waals surface area contributed by atoms with Crippen molar-refractivity contribution in [3.63, 3.8) is 0 Å². The first-order chi connectivity index (χ1) is 13.9. The Balaban J connectivity index is 1.72. The molecule has 0 spiro atoms. The SMILES string of the molecule is c1ccc2c(c1)-c1ccc3c4ccc5c6c(ccc(c7ccc-2c1c37)c64)CC5. The second-order valence-corrected chi connectivity index (χ2v) is 8.41. The summed E-state index contributed by atoms with van der Waals surface area (Å²) in [5, 5.41) is 11.6. The molecule has 0 aliphatic heterocycles. The molecule has 28 heavy (non-hydrogen) atoms. The Bertz CT molecular complexity index is 1530. The van der Waals surface area contributed by atoms with E-state index in [-0.39, 0.29) is 0 Å². The molecule has 0 fully saturated rings. The number of rotatable bonds is 0. The van der Waals surface area contributed by atoms with Crippen LogP contribution in [0.3, 0.4) is 0 Å². The molecule has 0 bridgehead atoms. The van der Waals surface area contributed by atoms with Gasteiger partial charge < -0.3 is 0 Å². The van der Waals surface area contributed by atoms with Gasteiger partial charge in [0.1, 0.15) is 0 Å². The number of aryl methyl sites for hydroxylation is 2. The fourth-order valence-corrected chi connectivity index (χ4v) is 6.12. The summed E-state index contributed by atoms with van der Waals surface area (Å²) < 4.78 is 0. The summed E-state index contributed by atoms with van der Waals surface area (Å²) >= 11 is 0. The van der Waals surface area contributed by atoms with Gasteiger partial charge in [0.25, 0.3) is 0 Å². The smallest absolute Gasteiger partial charge is 0.00139 e. The molecule has 128 valence electrons. The summed E-state index contributed by atoms with van der Waals surface area (Å²) in [6.45, 7) is 0. The third-order valence-corrected chi connectivity index (χ3v) is 7.25. The lowest BCUT2D eigenvalue weighted by atomic mass is 9.87. The lowest BCUT2D eigenvalue weighted by Crippen LogP contribution is -1.89. The first kappa shape index (κ1) is 13.7. The monoisotopic (exact) mass is 352 g/mol. The fraction of sp³-hybridized carbons (Fsp3) is 0.0714. The standard InChI is InChI=1S/C28H16/c1-2-4-18-17(3-1)19-11-13-23-21-9-7-15-5-6-16-8-10-22(26(21)25(15)16)24-14-12-20(18)27(19)28(23)24/h1-4,7-14H,5-6H2. The van der Waals surface area contributed by atoms with E-state index in [1.165, 1.54) is 89.3 Å². The number of fused-ring (bicyclic) bond motifs is 5. The summed E-state index contributed by atoms with van der Waals surface area (Å²) in [6.07, 6.45) is 2.37. The molecule has 0 saturated heterocycles. The van der Waals surface area contributed by atoms with Crippen LogP contribution in [0.25, 0.3) is 65.3 Å². The van der Waals surface area contributed by atoms with Crippen molar-refractivity contribution in [2.75, 3.05) is 0 Å². The minimum absolute atomic E-state index is 1.19. The van der Waals surface area contributed by atoms with E-state index in [1.54, 1.807) is 0 Å². The van der Waals surface area contributed by atoms with E-state index >= 15 is 0 Å². The molecule has 0 radical (unpaired) electrons. The summed E-state index contributed by atoms with van der Waals surface area (Å²) in [7, 11) is 0. The van der Waals surface area contributed by atoms with Crippen LogP contribution >= 0.6 is 0 Å². The van der Waals surface area contributed by atoms with Crippen molar-refractivity contribution in [3.05, 3.63) is 83.9 Å². The average molecular weight is 352 g/mol. The van der Waals surface area contributed by atoms with E-state index in [4.69, 9.17) is 0 Å². The highest BCUT2D eigenvalue weighted by Gasteiger charge is 2.25. The van der Waals surface area contributed by atoms with Gasteiger partial charge in [0.05, 0.1) is 0 Å². The van der Waals surface area contributed by atoms with Gasteiger partial charge in [-0.15, -0.1) is 0 Å². The third-order valence-electron chi connectivity index (χ3n) is 7.25. The first-order valence-electron chi connectivity index (χ1n) is 10.2. The van der Waals surface area contributed by atoms with Crippen LogP contribution in [0, 0.1) is 0 Å². The highest BCUT2D eigenvalue weighted by atomic mass is 14.3. The third kappa shape index (κ3) is 1.35. The van der Waals surface area contributed by atoms with Crippen molar-refractivity contribution in [2.45, 2.75) is 12.8 Å². The molecule has 0 heteroatoms. The Morgan fingerprint density at radius 1 is 0.357 bits per heavy atom. The maximum absolute atomic E-state index is 2.38. The molecule has 0 nitrogen and oxygen atoms in total. The Morgan fingerprint density at radius 3 is 1.36 bits per heavy atom. The van der Waals surface area contributed by atoms with Crippen LogP contribution in [0.15, 0.2) is 72.8 Å². The Kier molecular flexibility index (Phi) is 2.14. The second-order valence-electron chi connectivity index (χ2n) is 8.41. The normalized spacial score (nSPS) is 14.1. The van der Waals surface area contributed by atoms with Gasteiger partial charge in [-0.2, -0.15) is 0 Å². The van der Waals surface area contributed by atoms with Crippen LogP contribution in [0.5, 0.6) is 0 Å². The molecule has 0 aromatic heterocycles. The molecular formula is C28H16. The average Bonchev–Trinajstić information content (AvgIpc) is 3.32. The Hall–Kier alpha value is -3.38. The zero-order valence-electron chi connectivity index (χ0n) is 15.3. The lowest BCUT2D eigenvalue weighted by molar-refractivity contribution is 1.02. The molecule has 0 atom stereocenters. The number of benzene rings is 6. The zero-order valence-corrected chi connectivity index (χ0v) is 15.3. The van der Waals surface area contributed by atoms with Crippen molar-refractivity contribution < 1.29 is 0 Å². The molecule has 0 amide bonds. The van der Waals surface area contributed by atoms with Crippen LogP contribution in [-0.4, -0.2) is 0 Å². The molecule has 0 saturated carbocycles. The van der Waals surface area contributed by atoms with Gasteiger partial charge >= 0.3 is 0 Å². The molecule has 8 rings (SSSR count). The molecule has 6 aromatic rings. The van der Waals surface area contributed by atoms with Gasteiger partial charge in [-0.1, -0.05) is 72.8 Å². The number of hydrogen-bond donors (Lipinski definition) is 0. The predicted molar refractivity (Wildman–Crippen MR) is 119 cm³/mol. The minimum atomic E-state index is 1.19. The van der Waals surface area contributed by atoms with Gasteiger partial charge in [-0.05, 0) is 89.3 Å². The van der Waals surface area contributed by atoms with E-state index in [0.29, 0.717) is 0 Å². The fourth-order valence-electron chi connectivity index (χ4n) is 6.12. The maximum atomic E-state index is 2.38. The van der Waals surface area contributed by atoms with Crippen molar-refractivity contribution in [1.82, 2.24) is 0 Å². The van der Waals surface area contributed by atoms with Crippen molar-refractivity contribution in [1.29, 1.82) is 0 Å². The Labute approximate surface area is 162 Å². The van der Waals surface area contributed by atoms with Gasteiger partial charge in [0.15, 0.2) is 0 Å². The van der Waals surface area contributed by atoms with Gasteiger partial charge in [-0.3, -0.25) is 0 Å². The highest BCUT2D eigenvalue weighted by Crippen LogP contribution is 2.52. The summed E-state index contributed by atoms with van der Waals surface area (Å²) in [5.74, 6) is 0. The summed E-state index contributed by atoms with van der Waals surface area (Å²) in [4.78, 5) is 0. The van der Waals surface area contributed by atoms with E-state index in [9.17, 15) is 0 Å². The molecular weight excluding hydrogens is 336 g/mol. The van der Waals surface area contributed by atoms with E-state index in [2.05, 4.69) is 72.8 Å².